The van der Waals surface area contributed by atoms with Crippen LogP contribution in [0, 0.1) is 0 Å². The summed E-state index contributed by atoms with van der Waals surface area (Å²) in [6.07, 6.45) is 13.7. The molecule has 0 unspecified atom stereocenters. The van der Waals surface area contributed by atoms with Crippen LogP contribution in [0.2, 0.25) is 0 Å². The van der Waals surface area contributed by atoms with Crippen molar-refractivity contribution in [2.24, 2.45) is 0 Å². The third-order valence-electron chi connectivity index (χ3n) is 7.21. The minimum absolute atomic E-state index is 0.0414. The number of unbranched alkanes of at least 4 members (excludes halogenated alkanes) is 7. The molecule has 0 bridgehead atoms. The van der Waals surface area contributed by atoms with E-state index in [9.17, 15) is 9.59 Å². The molecule has 0 fully saturated rings. The van der Waals surface area contributed by atoms with Gasteiger partial charge in [-0.2, -0.15) is 0 Å². The molecule has 0 aliphatic heterocycles. The third kappa shape index (κ3) is 8.47. The molecular formula is C35H42O2P+. The Labute approximate surface area is 230 Å². The standard InChI is InChI=1S/C35H42O2P/c1-3-35(37)30(2)29-31(36)21-13-8-6-4-5-7-9-20-28-38(32-22-14-10-15-23-32,33-24-16-11-17-25-33)34-26-18-12-19-27-34/h3,10-12,14-19,22-27,29H,1,4-9,13,20-21,28H2,2H3/q+1/b30-29-. The molecule has 0 amide bonds. The summed E-state index contributed by atoms with van der Waals surface area (Å²) < 4.78 is 0. The summed E-state index contributed by atoms with van der Waals surface area (Å²) in [5.74, 6) is -0.131. The number of benzene rings is 3. The Morgan fingerprint density at radius 2 is 1.03 bits per heavy atom. The lowest BCUT2D eigenvalue weighted by atomic mass is 10.0. The maximum absolute atomic E-state index is 12.0. The van der Waals surface area contributed by atoms with Crippen molar-refractivity contribution in [3.05, 3.63) is 115 Å². The van der Waals surface area contributed by atoms with E-state index in [4.69, 9.17) is 0 Å². The number of carbonyl (C=O) groups is 2. The number of carbonyl (C=O) groups excluding carboxylic acids is 2. The van der Waals surface area contributed by atoms with E-state index in [1.54, 1.807) is 6.92 Å². The fourth-order valence-electron chi connectivity index (χ4n) is 5.14. The van der Waals surface area contributed by atoms with Crippen LogP contribution in [0.4, 0.5) is 0 Å². The van der Waals surface area contributed by atoms with Gasteiger partial charge in [0.15, 0.2) is 11.6 Å². The van der Waals surface area contributed by atoms with Crippen molar-refractivity contribution in [2.45, 2.75) is 64.7 Å². The molecule has 3 aromatic rings. The van der Waals surface area contributed by atoms with Crippen molar-refractivity contribution in [1.82, 2.24) is 0 Å². The van der Waals surface area contributed by atoms with Crippen molar-refractivity contribution in [3.63, 3.8) is 0 Å². The van der Waals surface area contributed by atoms with Crippen molar-refractivity contribution in [3.8, 4) is 0 Å². The highest BCUT2D eigenvalue weighted by Gasteiger charge is 2.44. The van der Waals surface area contributed by atoms with E-state index in [1.165, 1.54) is 66.3 Å². The fourth-order valence-corrected chi connectivity index (χ4v) is 9.55. The quantitative estimate of drug-likeness (QED) is 0.103. The van der Waals surface area contributed by atoms with Crippen LogP contribution in [-0.2, 0) is 9.59 Å². The molecule has 38 heavy (non-hydrogen) atoms. The molecule has 0 atom stereocenters. The van der Waals surface area contributed by atoms with Crippen molar-refractivity contribution < 1.29 is 9.59 Å². The third-order valence-corrected chi connectivity index (χ3v) is 11.7. The SMILES string of the molecule is C=CC(=O)/C(C)=C\C(=O)CCCCCCCCCC[P+](c1ccccc1)(c1ccccc1)c1ccccc1. The van der Waals surface area contributed by atoms with Crippen LogP contribution in [0.5, 0.6) is 0 Å². The summed E-state index contributed by atoms with van der Waals surface area (Å²) in [6, 6.07) is 33.4. The number of hydrogen-bond acceptors (Lipinski definition) is 2. The van der Waals surface area contributed by atoms with Crippen LogP contribution in [-0.4, -0.2) is 17.7 Å². The molecule has 0 saturated heterocycles. The zero-order valence-corrected chi connectivity index (χ0v) is 23.8. The molecule has 0 aliphatic rings. The summed E-state index contributed by atoms with van der Waals surface area (Å²) in [7, 11) is -1.72. The highest BCUT2D eigenvalue weighted by Crippen LogP contribution is 2.56. The predicted molar refractivity (Wildman–Crippen MR) is 166 cm³/mol. The average molecular weight is 526 g/mol. The van der Waals surface area contributed by atoms with E-state index in [-0.39, 0.29) is 11.6 Å². The Morgan fingerprint density at radius 3 is 1.45 bits per heavy atom. The monoisotopic (exact) mass is 525 g/mol. The highest BCUT2D eigenvalue weighted by molar-refractivity contribution is 7.95. The van der Waals surface area contributed by atoms with Crippen LogP contribution in [0.1, 0.15) is 64.7 Å². The summed E-state index contributed by atoms with van der Waals surface area (Å²) in [5, 5.41) is 4.39. The van der Waals surface area contributed by atoms with Gasteiger partial charge >= 0.3 is 0 Å². The predicted octanol–water partition coefficient (Wildman–Crippen LogP) is 7.76. The molecule has 0 radical (unpaired) electrons. The molecule has 198 valence electrons. The normalized spacial score (nSPS) is 11.8. The lowest BCUT2D eigenvalue weighted by Crippen LogP contribution is -2.33. The molecule has 0 spiro atoms. The van der Waals surface area contributed by atoms with Gasteiger partial charge in [0.2, 0.25) is 0 Å². The molecule has 0 saturated carbocycles. The molecule has 0 aromatic heterocycles. The van der Waals surface area contributed by atoms with Gasteiger partial charge in [-0.1, -0.05) is 93.3 Å². The Hall–Kier alpha value is -3.09. The van der Waals surface area contributed by atoms with E-state index in [2.05, 4.69) is 97.6 Å². The highest BCUT2D eigenvalue weighted by atomic mass is 31.2. The van der Waals surface area contributed by atoms with Gasteiger partial charge in [-0.05, 0) is 80.3 Å². The number of hydrogen-bond donors (Lipinski definition) is 0. The molecule has 0 aliphatic carbocycles. The average Bonchev–Trinajstić information content (AvgIpc) is 2.97. The van der Waals surface area contributed by atoms with Crippen LogP contribution in [0.25, 0.3) is 0 Å². The van der Waals surface area contributed by atoms with Crippen LogP contribution in [0.3, 0.4) is 0 Å². The molecule has 0 N–H and O–H groups in total. The Balaban J connectivity index is 1.49. The van der Waals surface area contributed by atoms with Gasteiger partial charge < -0.3 is 0 Å². The zero-order chi connectivity index (χ0) is 27.1. The minimum Gasteiger partial charge on any atom is -0.295 e. The molecule has 0 heterocycles. The summed E-state index contributed by atoms with van der Waals surface area (Å²) in [5.41, 5.74) is 0.475. The van der Waals surface area contributed by atoms with E-state index < -0.39 is 7.26 Å². The fraction of sp³-hybridized carbons (Fsp3) is 0.314. The maximum Gasteiger partial charge on any atom is 0.181 e. The number of allylic oxidation sites excluding steroid dienone is 3. The first-order valence-corrected chi connectivity index (χ1v) is 16.0. The topological polar surface area (TPSA) is 34.1 Å². The van der Waals surface area contributed by atoms with Gasteiger partial charge in [-0.25, -0.2) is 0 Å². The van der Waals surface area contributed by atoms with Crippen molar-refractivity contribution in [1.29, 1.82) is 0 Å². The Bertz CT molecular complexity index is 1070. The van der Waals surface area contributed by atoms with Gasteiger partial charge in [0.25, 0.3) is 0 Å². The minimum atomic E-state index is -1.72. The zero-order valence-electron chi connectivity index (χ0n) is 22.9. The second kappa shape index (κ2) is 16.0. The van der Waals surface area contributed by atoms with Gasteiger partial charge in [-0.15, -0.1) is 0 Å². The van der Waals surface area contributed by atoms with Crippen molar-refractivity contribution in [2.75, 3.05) is 6.16 Å². The maximum atomic E-state index is 12.0. The van der Waals surface area contributed by atoms with Crippen LogP contribution < -0.4 is 15.9 Å². The Kier molecular flexibility index (Phi) is 12.4. The first kappa shape index (κ1) is 29.5. The summed E-state index contributed by atoms with van der Waals surface area (Å²) in [4.78, 5) is 23.5. The van der Waals surface area contributed by atoms with Gasteiger partial charge in [0, 0.05) is 6.42 Å². The summed E-state index contributed by atoms with van der Waals surface area (Å²) >= 11 is 0. The number of ketones is 2. The molecule has 3 aromatic carbocycles. The van der Waals surface area contributed by atoms with E-state index in [0.717, 1.165) is 19.3 Å². The molecular weight excluding hydrogens is 483 g/mol. The second-order valence-corrected chi connectivity index (χ2v) is 13.6. The first-order chi connectivity index (χ1) is 18.6. The summed E-state index contributed by atoms with van der Waals surface area (Å²) in [6.45, 7) is 5.14. The molecule has 3 heteroatoms. The van der Waals surface area contributed by atoms with Gasteiger partial charge in [0.1, 0.15) is 23.2 Å². The molecule has 2 nitrogen and oxygen atoms in total. The van der Waals surface area contributed by atoms with E-state index >= 15 is 0 Å². The van der Waals surface area contributed by atoms with E-state index in [0.29, 0.717) is 12.0 Å². The second-order valence-electron chi connectivity index (χ2n) is 9.98. The van der Waals surface area contributed by atoms with E-state index in [1.807, 2.05) is 0 Å². The largest absolute Gasteiger partial charge is 0.295 e. The smallest absolute Gasteiger partial charge is 0.181 e. The lowest BCUT2D eigenvalue weighted by molar-refractivity contribution is -0.115. The molecule has 3 rings (SSSR count). The Morgan fingerprint density at radius 1 is 0.632 bits per heavy atom. The van der Waals surface area contributed by atoms with Crippen LogP contribution >= 0.6 is 7.26 Å². The van der Waals surface area contributed by atoms with Crippen LogP contribution in [0.15, 0.2) is 115 Å². The van der Waals surface area contributed by atoms with Gasteiger partial charge in [-0.3, -0.25) is 9.59 Å². The van der Waals surface area contributed by atoms with Crippen molar-refractivity contribution >= 4 is 34.7 Å². The lowest BCUT2D eigenvalue weighted by Gasteiger charge is -2.27. The number of rotatable bonds is 17. The first-order valence-electron chi connectivity index (χ1n) is 14.0. The van der Waals surface area contributed by atoms with Gasteiger partial charge in [0.05, 0.1) is 6.16 Å².